The monoisotopic (exact) mass is 345 g/mol. The van der Waals surface area contributed by atoms with Crippen LogP contribution < -0.4 is 5.73 Å². The van der Waals surface area contributed by atoms with Crippen LogP contribution >= 0.6 is 0 Å². The number of methoxy groups -OCH3 is 1. The van der Waals surface area contributed by atoms with Gasteiger partial charge in [0.25, 0.3) is 0 Å². The smallest absolute Gasteiger partial charge is 0.431 e. The summed E-state index contributed by atoms with van der Waals surface area (Å²) in [5.41, 5.74) is 3.41. The van der Waals surface area contributed by atoms with Crippen molar-refractivity contribution in [3.8, 4) is 0 Å². The maximum Gasteiger partial charge on any atom is 0.431 e. The average Bonchev–Trinajstić information content (AvgIpc) is 2.96. The van der Waals surface area contributed by atoms with Crippen LogP contribution in [0, 0.1) is 5.82 Å². The molecule has 0 aliphatic carbocycles. The van der Waals surface area contributed by atoms with Crippen LogP contribution in [-0.4, -0.2) is 43.1 Å². The Labute approximate surface area is 135 Å². The van der Waals surface area contributed by atoms with E-state index < -0.39 is 29.2 Å². The van der Waals surface area contributed by atoms with Crippen LogP contribution in [0.4, 0.5) is 17.6 Å². The Bertz CT molecular complexity index is 681. The largest absolute Gasteiger partial charge is 0.465 e. The normalized spacial score (nSPS) is 15.9. The molecule has 0 saturated heterocycles. The molecule has 0 unspecified atom stereocenters. The molecule has 0 spiro atoms. The highest BCUT2D eigenvalue weighted by atomic mass is 19.4. The fourth-order valence-electron chi connectivity index (χ4n) is 2.25. The third kappa shape index (κ3) is 3.84. The van der Waals surface area contributed by atoms with Gasteiger partial charge in [0.05, 0.1) is 13.7 Å². The molecule has 24 heavy (non-hydrogen) atoms. The third-order valence-corrected chi connectivity index (χ3v) is 3.41. The predicted molar refractivity (Wildman–Crippen MR) is 78.4 cm³/mol. The number of alkyl halides is 3. The predicted octanol–water partition coefficient (Wildman–Crippen LogP) is 1.99. The van der Waals surface area contributed by atoms with Gasteiger partial charge in [0, 0.05) is 13.1 Å². The number of nitrogens with zero attached hydrogens (tertiary/aromatic N) is 2. The lowest BCUT2D eigenvalue weighted by atomic mass is 10.1. The van der Waals surface area contributed by atoms with Gasteiger partial charge in [-0.2, -0.15) is 13.2 Å². The molecule has 1 aromatic carbocycles. The number of halogens is 4. The number of benzene rings is 1. The maximum absolute atomic E-state index is 12.9. The number of allylic oxidation sites excluding steroid dienone is 1. The molecule has 0 bridgehead atoms. The van der Waals surface area contributed by atoms with Gasteiger partial charge in [0.15, 0.2) is 0 Å². The quantitative estimate of drug-likeness (QED) is 0.515. The highest BCUT2D eigenvalue weighted by molar-refractivity contribution is 6.19. The van der Waals surface area contributed by atoms with Crippen LogP contribution in [0.25, 0.3) is 0 Å². The molecular weight excluding hydrogens is 330 g/mol. The van der Waals surface area contributed by atoms with E-state index in [-0.39, 0.29) is 18.9 Å². The number of hydrogen-bond acceptors (Lipinski definition) is 5. The lowest BCUT2D eigenvalue weighted by Gasteiger charge is -2.23. The molecule has 130 valence electrons. The second kappa shape index (κ2) is 6.90. The Morgan fingerprint density at radius 2 is 1.96 bits per heavy atom. The van der Waals surface area contributed by atoms with Crippen molar-refractivity contribution in [1.29, 1.82) is 0 Å². The SMILES string of the molecule is COC(=O)C(C1=NCCN1Cc1ccc(F)cc1)=C(N)C(F)(F)F. The van der Waals surface area contributed by atoms with E-state index >= 15 is 0 Å². The Morgan fingerprint density at radius 1 is 1.33 bits per heavy atom. The molecule has 1 heterocycles. The molecule has 9 heteroatoms. The first kappa shape index (κ1) is 17.8. The van der Waals surface area contributed by atoms with Crippen molar-refractivity contribution in [2.24, 2.45) is 10.7 Å². The number of esters is 1. The summed E-state index contributed by atoms with van der Waals surface area (Å²) in [7, 11) is 0.964. The molecule has 0 atom stereocenters. The summed E-state index contributed by atoms with van der Waals surface area (Å²) in [5, 5.41) is 0. The van der Waals surface area contributed by atoms with Gasteiger partial charge in [-0.05, 0) is 17.7 Å². The number of ether oxygens (including phenoxy) is 1. The zero-order chi connectivity index (χ0) is 17.9. The van der Waals surface area contributed by atoms with E-state index in [1.165, 1.54) is 29.2 Å². The Balaban J connectivity index is 2.35. The van der Waals surface area contributed by atoms with Crippen molar-refractivity contribution in [3.63, 3.8) is 0 Å². The van der Waals surface area contributed by atoms with E-state index in [0.29, 0.717) is 12.1 Å². The molecule has 1 aliphatic heterocycles. The molecular formula is C15H15F4N3O2. The molecule has 1 aliphatic rings. The van der Waals surface area contributed by atoms with Crippen molar-refractivity contribution in [2.75, 3.05) is 20.2 Å². The fraction of sp³-hybridized carbons (Fsp3) is 0.333. The van der Waals surface area contributed by atoms with Crippen molar-refractivity contribution < 1.29 is 27.1 Å². The molecule has 0 aromatic heterocycles. The standard InChI is InChI=1S/C15H15F4N3O2/c1-24-14(23)11(12(20)15(17,18)19)13-21-6-7-22(13)8-9-2-4-10(16)5-3-9/h2-5H,6-8,20H2,1H3. The van der Waals surface area contributed by atoms with Gasteiger partial charge in [-0.3, -0.25) is 4.99 Å². The number of hydrogen-bond donors (Lipinski definition) is 1. The zero-order valence-electron chi connectivity index (χ0n) is 12.7. The highest BCUT2D eigenvalue weighted by Gasteiger charge is 2.40. The first-order valence-electron chi connectivity index (χ1n) is 6.93. The van der Waals surface area contributed by atoms with Crippen molar-refractivity contribution in [2.45, 2.75) is 12.7 Å². The Hall–Kier alpha value is -2.58. The summed E-state index contributed by atoms with van der Waals surface area (Å²) in [6, 6.07) is 5.48. The first-order valence-corrected chi connectivity index (χ1v) is 6.93. The number of amidine groups is 1. The molecule has 0 saturated carbocycles. The van der Waals surface area contributed by atoms with Gasteiger partial charge >= 0.3 is 12.1 Å². The number of rotatable bonds is 4. The van der Waals surface area contributed by atoms with E-state index in [2.05, 4.69) is 9.73 Å². The van der Waals surface area contributed by atoms with E-state index in [1.54, 1.807) is 0 Å². The van der Waals surface area contributed by atoms with Gasteiger partial charge < -0.3 is 15.4 Å². The lowest BCUT2D eigenvalue weighted by Crippen LogP contribution is -2.36. The van der Waals surface area contributed by atoms with Crippen molar-refractivity contribution in [3.05, 3.63) is 46.9 Å². The summed E-state index contributed by atoms with van der Waals surface area (Å²) in [6.07, 6.45) is -4.89. The second-order valence-corrected chi connectivity index (χ2v) is 5.03. The average molecular weight is 345 g/mol. The van der Waals surface area contributed by atoms with Crippen LogP contribution in [0.3, 0.4) is 0 Å². The van der Waals surface area contributed by atoms with E-state index in [4.69, 9.17) is 5.73 Å². The summed E-state index contributed by atoms with van der Waals surface area (Å²) >= 11 is 0. The van der Waals surface area contributed by atoms with Gasteiger partial charge in [0.1, 0.15) is 22.9 Å². The number of aliphatic imine (C=N–C) groups is 1. The van der Waals surface area contributed by atoms with Gasteiger partial charge in [-0.15, -0.1) is 0 Å². The minimum absolute atomic E-state index is 0.157. The van der Waals surface area contributed by atoms with Gasteiger partial charge in [0.2, 0.25) is 0 Å². The number of nitrogens with two attached hydrogens (primary N) is 1. The topological polar surface area (TPSA) is 67.9 Å². The molecule has 2 N–H and O–H groups in total. The first-order chi connectivity index (χ1) is 11.2. The van der Waals surface area contributed by atoms with E-state index in [0.717, 1.165) is 7.11 Å². The van der Waals surface area contributed by atoms with Crippen LogP contribution in [0.15, 0.2) is 40.5 Å². The van der Waals surface area contributed by atoms with Crippen LogP contribution in [0.2, 0.25) is 0 Å². The van der Waals surface area contributed by atoms with E-state index in [9.17, 15) is 22.4 Å². The Kier molecular flexibility index (Phi) is 5.10. The highest BCUT2D eigenvalue weighted by Crippen LogP contribution is 2.27. The molecule has 0 fully saturated rings. The van der Waals surface area contributed by atoms with Crippen LogP contribution in [-0.2, 0) is 16.1 Å². The number of carbonyl (C=O) groups excluding carboxylic acids is 1. The molecule has 1 aromatic rings. The summed E-state index contributed by atoms with van der Waals surface area (Å²) in [4.78, 5) is 17.2. The van der Waals surface area contributed by atoms with Crippen molar-refractivity contribution >= 4 is 11.8 Å². The molecule has 2 rings (SSSR count). The fourth-order valence-corrected chi connectivity index (χ4v) is 2.25. The molecule has 0 amide bonds. The minimum Gasteiger partial charge on any atom is -0.465 e. The molecule has 0 radical (unpaired) electrons. The van der Waals surface area contributed by atoms with Gasteiger partial charge in [-0.25, -0.2) is 9.18 Å². The summed E-state index contributed by atoms with van der Waals surface area (Å²) < 4.78 is 56.2. The Morgan fingerprint density at radius 3 is 2.50 bits per heavy atom. The second-order valence-electron chi connectivity index (χ2n) is 5.03. The third-order valence-electron chi connectivity index (χ3n) is 3.41. The minimum atomic E-state index is -4.89. The van der Waals surface area contributed by atoms with Crippen LogP contribution in [0.1, 0.15) is 5.56 Å². The van der Waals surface area contributed by atoms with Gasteiger partial charge in [-0.1, -0.05) is 12.1 Å². The summed E-state index contributed by atoms with van der Waals surface area (Å²) in [6.45, 7) is 0.672. The molecule has 5 nitrogen and oxygen atoms in total. The number of carbonyl (C=O) groups is 1. The maximum atomic E-state index is 12.9. The van der Waals surface area contributed by atoms with E-state index in [1.807, 2.05) is 0 Å². The van der Waals surface area contributed by atoms with Crippen LogP contribution in [0.5, 0.6) is 0 Å². The lowest BCUT2D eigenvalue weighted by molar-refractivity contribution is -0.136. The summed E-state index contributed by atoms with van der Waals surface area (Å²) in [5.74, 6) is -1.82. The van der Waals surface area contributed by atoms with Crippen molar-refractivity contribution in [1.82, 2.24) is 4.90 Å². The zero-order valence-corrected chi connectivity index (χ0v) is 12.7.